The molecule has 0 unspecified atom stereocenters. The molecule has 4 nitrogen and oxygen atoms in total. The summed E-state index contributed by atoms with van der Waals surface area (Å²) in [6, 6.07) is 2.90. The van der Waals surface area contributed by atoms with Crippen LogP contribution < -0.4 is 10.0 Å². The summed E-state index contributed by atoms with van der Waals surface area (Å²) in [6.07, 6.45) is 0.692. The van der Waals surface area contributed by atoms with E-state index in [9.17, 15) is 12.8 Å². The second kappa shape index (κ2) is 6.98. The molecule has 0 bridgehead atoms. The summed E-state index contributed by atoms with van der Waals surface area (Å²) < 4.78 is 40.4. The quantitative estimate of drug-likeness (QED) is 0.806. The molecule has 0 aliphatic rings. The maximum absolute atomic E-state index is 13.8. The van der Waals surface area contributed by atoms with E-state index in [1.165, 1.54) is 19.1 Å². The summed E-state index contributed by atoms with van der Waals surface area (Å²) in [5, 5.41) is 3.05. The third-order valence-corrected chi connectivity index (χ3v) is 4.35. The average molecular weight is 288 g/mol. The van der Waals surface area contributed by atoms with Crippen molar-refractivity contribution in [2.24, 2.45) is 0 Å². The zero-order valence-electron chi connectivity index (χ0n) is 11.6. The molecule has 0 fully saturated rings. The summed E-state index contributed by atoms with van der Waals surface area (Å²) >= 11 is 0. The van der Waals surface area contributed by atoms with Gasteiger partial charge >= 0.3 is 0 Å². The minimum atomic E-state index is -3.64. The Kier molecular flexibility index (Phi) is 5.90. The molecule has 19 heavy (non-hydrogen) atoms. The first-order valence-corrected chi connectivity index (χ1v) is 7.90. The van der Waals surface area contributed by atoms with Gasteiger partial charge in [0.05, 0.1) is 4.90 Å². The standard InChI is InChI=1S/C13H21FN2O2S/c1-4-6-16-19(17,18)13-8-11(9-15-5-2)7-12(14)10(13)3/h7-8,15-16H,4-6,9H2,1-3H3. The van der Waals surface area contributed by atoms with Crippen molar-refractivity contribution >= 4 is 10.0 Å². The normalized spacial score (nSPS) is 11.8. The number of nitrogens with one attached hydrogen (secondary N) is 2. The molecule has 2 N–H and O–H groups in total. The Morgan fingerprint density at radius 3 is 2.53 bits per heavy atom. The number of hydrogen-bond acceptors (Lipinski definition) is 3. The second-order valence-electron chi connectivity index (χ2n) is 4.38. The van der Waals surface area contributed by atoms with Gasteiger partial charge in [0, 0.05) is 18.7 Å². The highest BCUT2D eigenvalue weighted by atomic mass is 32.2. The van der Waals surface area contributed by atoms with Crippen molar-refractivity contribution in [2.45, 2.75) is 38.6 Å². The van der Waals surface area contributed by atoms with Crippen LogP contribution in [0, 0.1) is 12.7 Å². The molecule has 0 radical (unpaired) electrons. The first kappa shape index (κ1) is 16.1. The number of hydrogen-bond donors (Lipinski definition) is 2. The van der Waals surface area contributed by atoms with Crippen molar-refractivity contribution < 1.29 is 12.8 Å². The highest BCUT2D eigenvalue weighted by Crippen LogP contribution is 2.20. The molecule has 0 saturated heterocycles. The highest BCUT2D eigenvalue weighted by molar-refractivity contribution is 7.89. The van der Waals surface area contributed by atoms with Gasteiger partial charge in [-0.1, -0.05) is 13.8 Å². The van der Waals surface area contributed by atoms with Gasteiger partial charge in [-0.2, -0.15) is 0 Å². The van der Waals surface area contributed by atoms with Crippen LogP contribution in [0.15, 0.2) is 17.0 Å². The van der Waals surface area contributed by atoms with Gasteiger partial charge in [-0.05, 0) is 37.6 Å². The van der Waals surface area contributed by atoms with Crippen LogP contribution in [-0.2, 0) is 16.6 Å². The topological polar surface area (TPSA) is 58.2 Å². The van der Waals surface area contributed by atoms with Gasteiger partial charge in [0.1, 0.15) is 5.82 Å². The fourth-order valence-corrected chi connectivity index (χ4v) is 3.11. The maximum atomic E-state index is 13.8. The van der Waals surface area contributed by atoms with Gasteiger partial charge in [-0.15, -0.1) is 0 Å². The number of benzene rings is 1. The molecule has 0 aliphatic carbocycles. The molecule has 1 rings (SSSR count). The molecule has 0 aliphatic heterocycles. The van der Waals surface area contributed by atoms with E-state index in [1.54, 1.807) is 0 Å². The van der Waals surface area contributed by atoms with Gasteiger partial charge < -0.3 is 5.32 Å². The molecule has 0 aromatic heterocycles. The molecule has 0 amide bonds. The average Bonchev–Trinajstić information content (AvgIpc) is 2.37. The van der Waals surface area contributed by atoms with Crippen molar-refractivity contribution in [2.75, 3.05) is 13.1 Å². The minimum Gasteiger partial charge on any atom is -0.313 e. The van der Waals surface area contributed by atoms with Crippen LogP contribution in [0.2, 0.25) is 0 Å². The molecule has 1 aromatic rings. The highest BCUT2D eigenvalue weighted by Gasteiger charge is 2.19. The third-order valence-electron chi connectivity index (χ3n) is 2.77. The molecular weight excluding hydrogens is 267 g/mol. The summed E-state index contributed by atoms with van der Waals surface area (Å²) in [4.78, 5) is 0.0221. The monoisotopic (exact) mass is 288 g/mol. The smallest absolute Gasteiger partial charge is 0.240 e. The zero-order chi connectivity index (χ0) is 14.5. The van der Waals surface area contributed by atoms with Crippen LogP contribution in [0.1, 0.15) is 31.4 Å². The van der Waals surface area contributed by atoms with E-state index in [-0.39, 0.29) is 10.5 Å². The van der Waals surface area contributed by atoms with Crippen molar-refractivity contribution in [1.82, 2.24) is 10.0 Å². The summed E-state index contributed by atoms with van der Waals surface area (Å²) in [7, 11) is -3.64. The molecule has 0 saturated carbocycles. The van der Waals surface area contributed by atoms with Crippen LogP contribution in [0.5, 0.6) is 0 Å². The predicted molar refractivity (Wildman–Crippen MR) is 74.0 cm³/mol. The Bertz CT molecular complexity index is 530. The Balaban J connectivity index is 3.15. The maximum Gasteiger partial charge on any atom is 0.240 e. The van der Waals surface area contributed by atoms with Crippen molar-refractivity contribution in [1.29, 1.82) is 0 Å². The number of halogens is 1. The predicted octanol–water partition coefficient (Wildman–Crippen LogP) is 1.93. The Morgan fingerprint density at radius 1 is 1.26 bits per heavy atom. The SMILES string of the molecule is CCCNS(=O)(=O)c1cc(CNCC)cc(F)c1C. The van der Waals surface area contributed by atoms with Crippen LogP contribution in [-0.4, -0.2) is 21.5 Å². The molecule has 6 heteroatoms. The number of rotatable bonds is 7. The Morgan fingerprint density at radius 2 is 1.95 bits per heavy atom. The van der Waals surface area contributed by atoms with E-state index in [4.69, 9.17) is 0 Å². The van der Waals surface area contributed by atoms with E-state index in [0.717, 1.165) is 6.54 Å². The molecule has 0 spiro atoms. The minimum absolute atomic E-state index is 0.0221. The van der Waals surface area contributed by atoms with Crippen molar-refractivity contribution in [3.05, 3.63) is 29.1 Å². The molecule has 108 valence electrons. The fourth-order valence-electron chi connectivity index (χ4n) is 1.67. The summed E-state index contributed by atoms with van der Waals surface area (Å²) in [5.74, 6) is -0.493. The van der Waals surface area contributed by atoms with Crippen LogP contribution in [0.3, 0.4) is 0 Å². The molecule has 1 aromatic carbocycles. The van der Waals surface area contributed by atoms with Gasteiger partial charge in [0.15, 0.2) is 0 Å². The molecule has 0 heterocycles. The summed E-state index contributed by atoms with van der Waals surface area (Å²) in [5.41, 5.74) is 0.783. The van der Waals surface area contributed by atoms with E-state index in [0.29, 0.717) is 25.1 Å². The van der Waals surface area contributed by atoms with Crippen LogP contribution in [0.25, 0.3) is 0 Å². The molecular formula is C13H21FN2O2S. The van der Waals surface area contributed by atoms with E-state index >= 15 is 0 Å². The lowest BCUT2D eigenvalue weighted by atomic mass is 10.1. The van der Waals surface area contributed by atoms with E-state index in [1.807, 2.05) is 13.8 Å². The van der Waals surface area contributed by atoms with Crippen LogP contribution >= 0.6 is 0 Å². The Hall–Kier alpha value is -0.980. The van der Waals surface area contributed by atoms with E-state index < -0.39 is 15.8 Å². The number of sulfonamides is 1. The van der Waals surface area contributed by atoms with Gasteiger partial charge in [0.2, 0.25) is 10.0 Å². The van der Waals surface area contributed by atoms with Gasteiger partial charge in [-0.25, -0.2) is 17.5 Å². The second-order valence-corrected chi connectivity index (χ2v) is 6.11. The fraction of sp³-hybridized carbons (Fsp3) is 0.538. The van der Waals surface area contributed by atoms with Gasteiger partial charge in [-0.3, -0.25) is 0 Å². The van der Waals surface area contributed by atoms with Crippen LogP contribution in [0.4, 0.5) is 4.39 Å². The zero-order valence-corrected chi connectivity index (χ0v) is 12.4. The Labute approximate surface area is 114 Å². The van der Waals surface area contributed by atoms with Gasteiger partial charge in [0.25, 0.3) is 0 Å². The lowest BCUT2D eigenvalue weighted by Crippen LogP contribution is -2.26. The first-order chi connectivity index (χ1) is 8.92. The molecule has 0 atom stereocenters. The van der Waals surface area contributed by atoms with E-state index in [2.05, 4.69) is 10.0 Å². The van der Waals surface area contributed by atoms with Crippen molar-refractivity contribution in [3.63, 3.8) is 0 Å². The summed E-state index contributed by atoms with van der Waals surface area (Å²) in [6.45, 7) is 6.83. The lowest BCUT2D eigenvalue weighted by Gasteiger charge is -2.12. The first-order valence-electron chi connectivity index (χ1n) is 6.41. The lowest BCUT2D eigenvalue weighted by molar-refractivity contribution is 0.572. The van der Waals surface area contributed by atoms with Crippen molar-refractivity contribution in [3.8, 4) is 0 Å². The third kappa shape index (κ3) is 4.26. The largest absolute Gasteiger partial charge is 0.313 e.